The number of furan rings is 3. The molecule has 0 aliphatic carbocycles. The first-order chi connectivity index (χ1) is 72.9. The van der Waals surface area contributed by atoms with Gasteiger partial charge >= 0.3 is 0 Å². The van der Waals surface area contributed by atoms with E-state index < -0.39 is 0 Å². The van der Waals surface area contributed by atoms with Crippen molar-refractivity contribution in [1.82, 2.24) is 0 Å². The molecule has 3 nitrogen and oxygen atoms in total. The molecule has 0 amide bonds. The number of fused-ring (bicyclic) bond motifs is 15. The van der Waals surface area contributed by atoms with Crippen molar-refractivity contribution in [1.29, 1.82) is 0 Å². The second-order valence-corrected chi connectivity index (χ2v) is 38.1. The number of benzene rings is 26. The van der Waals surface area contributed by atoms with Gasteiger partial charge in [0, 0.05) is 37.9 Å². The van der Waals surface area contributed by atoms with Crippen molar-refractivity contribution in [2.75, 3.05) is 0 Å². The molecule has 26 aromatic carbocycles. The van der Waals surface area contributed by atoms with Crippen molar-refractivity contribution >= 4 is 130 Å². The zero-order valence-electron chi connectivity index (χ0n) is 80.3. The van der Waals surface area contributed by atoms with E-state index in [2.05, 4.69) is 558 Å². The van der Waals surface area contributed by atoms with E-state index in [9.17, 15) is 0 Å². The summed E-state index contributed by atoms with van der Waals surface area (Å²) in [5, 5.41) is 21.8. The Morgan fingerprint density at radius 3 is 0.701 bits per heavy atom. The third-order valence-corrected chi connectivity index (χ3v) is 29.6. The summed E-state index contributed by atoms with van der Waals surface area (Å²) >= 11 is 0. The van der Waals surface area contributed by atoms with Gasteiger partial charge in [-0.2, -0.15) is 0 Å². The molecule has 0 spiro atoms. The first-order valence-corrected chi connectivity index (χ1v) is 50.5. The molecule has 0 bridgehead atoms. The third kappa shape index (κ3) is 15.7. The predicted octanol–water partition coefficient (Wildman–Crippen LogP) is 41.0. The van der Waals surface area contributed by atoms with E-state index in [4.69, 9.17) is 13.3 Å². The first kappa shape index (κ1) is 86.8. The Kier molecular flexibility index (Phi) is 22.0. The van der Waals surface area contributed by atoms with Crippen LogP contribution in [0, 0.1) is 0 Å². The van der Waals surface area contributed by atoms with Gasteiger partial charge in [0.15, 0.2) is 0 Å². The molecule has 686 valence electrons. The topological polar surface area (TPSA) is 39.4 Å². The van der Waals surface area contributed by atoms with E-state index in [0.717, 1.165) is 76.9 Å². The SMILES string of the molecule is c1ccc(-c2ccc(-c3ccccc3)c(-c3ccc4oc5ccc(-c6c7ccccc7c(-c7ccccc7)c7ccccc67)cc5c4c3)c2)cc1.c1ccc(-c2ccc(-c3ccccc3-c3ccc4c(c3)oc3ccc(-c5c6ccccc6c(-c6ccccc6)c6ccccc56)cc34)cc2)cc1.c1ccc(-c2ccc3oc4ccc(-c5c6ccccc6c(-c6ccccc6)c6ccccc56)cc4c3c2-c2ccccc2)cc1. The van der Waals surface area contributed by atoms with Crippen molar-refractivity contribution in [2.45, 2.75) is 0 Å². The van der Waals surface area contributed by atoms with Gasteiger partial charge in [-0.05, 0) is 288 Å². The molecule has 147 heavy (non-hydrogen) atoms. The first-order valence-electron chi connectivity index (χ1n) is 50.5. The van der Waals surface area contributed by atoms with Gasteiger partial charge in [0.1, 0.15) is 33.5 Å². The molecule has 0 unspecified atom stereocenters. The summed E-state index contributed by atoms with van der Waals surface area (Å²) in [4.78, 5) is 0. The van der Waals surface area contributed by atoms with Gasteiger partial charge in [0.25, 0.3) is 0 Å². The number of hydrogen-bond donors (Lipinski definition) is 0. The Labute approximate surface area is 851 Å². The van der Waals surface area contributed by atoms with Crippen LogP contribution in [0.2, 0.25) is 0 Å². The minimum atomic E-state index is 0.889. The van der Waals surface area contributed by atoms with Gasteiger partial charge in [0.2, 0.25) is 0 Å². The highest BCUT2D eigenvalue weighted by Gasteiger charge is 2.26. The molecule has 0 aliphatic heterocycles. The molecule has 0 fully saturated rings. The summed E-state index contributed by atoms with van der Waals surface area (Å²) in [6.07, 6.45) is 0. The molecule has 0 aliphatic rings. The Hall–Kier alpha value is -19.3. The highest BCUT2D eigenvalue weighted by molar-refractivity contribution is 6.27. The Bertz CT molecular complexity index is 9940. The molecular weight excluding hydrogens is 1780 g/mol. The maximum atomic E-state index is 6.57. The van der Waals surface area contributed by atoms with Crippen molar-refractivity contribution in [2.24, 2.45) is 0 Å². The molecule has 0 atom stereocenters. The van der Waals surface area contributed by atoms with Gasteiger partial charge in [-0.15, -0.1) is 0 Å². The van der Waals surface area contributed by atoms with E-state index in [-0.39, 0.29) is 0 Å². The second kappa shape index (κ2) is 37.3. The largest absolute Gasteiger partial charge is 0.456 e. The third-order valence-electron chi connectivity index (χ3n) is 29.6. The maximum Gasteiger partial charge on any atom is 0.136 e. The lowest BCUT2D eigenvalue weighted by atomic mass is 9.85. The Morgan fingerprint density at radius 1 is 0.0884 bits per heavy atom. The van der Waals surface area contributed by atoms with Crippen LogP contribution >= 0.6 is 0 Å². The molecule has 29 aromatic rings. The van der Waals surface area contributed by atoms with E-state index in [1.54, 1.807) is 0 Å². The smallest absolute Gasteiger partial charge is 0.136 e. The van der Waals surface area contributed by atoms with Crippen LogP contribution in [0.3, 0.4) is 0 Å². The Morgan fingerprint density at radius 2 is 0.306 bits per heavy atom. The van der Waals surface area contributed by atoms with Gasteiger partial charge in [-0.1, -0.05) is 485 Å². The van der Waals surface area contributed by atoms with Crippen molar-refractivity contribution in [3.8, 4) is 156 Å². The van der Waals surface area contributed by atoms with E-state index in [0.29, 0.717) is 0 Å². The van der Waals surface area contributed by atoms with Crippen LogP contribution in [-0.4, -0.2) is 0 Å². The molecule has 0 radical (unpaired) electrons. The van der Waals surface area contributed by atoms with Crippen LogP contribution < -0.4 is 0 Å². The molecular formula is C144H92O3. The van der Waals surface area contributed by atoms with Crippen molar-refractivity contribution in [3.63, 3.8) is 0 Å². The molecule has 29 rings (SSSR count). The summed E-state index contributed by atoms with van der Waals surface area (Å²) in [6.45, 7) is 0. The standard InChI is InChI=1S/2C50H32O.C44H28O/c1-4-14-33(15-5-1)36-24-27-39(34-16-6-2-7-17-34)44(30-36)37-25-28-47-45(31-37)46-32-38(26-29-48(46)51-47)50-42-22-12-10-20-40(42)49(35-18-8-3-9-19-35)41-21-11-13-23-43(41)50;1-3-13-33(14-4-1)34-23-25-35(26-24-34)39-17-7-8-18-40(39)37-27-29-41-46-31-38(28-30-47(46)51-48(41)32-37)50-44-21-11-9-19-42(44)49(36-15-5-2-6-16-36)43-20-10-12-22-45(43)50;1-4-14-29(15-5-1)33-25-27-40-44(43(33)31-18-8-3-9-19-31)38-28-32(24-26-39(38)45-40)42-36-22-12-10-20-34(36)41(30-16-6-2-7-17-30)35-21-11-13-23-37(35)42/h2*1-32H;1-28H. The van der Waals surface area contributed by atoms with Crippen molar-refractivity contribution < 1.29 is 13.3 Å². The van der Waals surface area contributed by atoms with Crippen LogP contribution in [0.1, 0.15) is 0 Å². The minimum absolute atomic E-state index is 0.889. The molecule has 0 N–H and O–H groups in total. The molecule has 3 heterocycles. The Balaban J connectivity index is 0.000000109. The molecule has 0 saturated carbocycles. The fourth-order valence-electron chi connectivity index (χ4n) is 23.0. The van der Waals surface area contributed by atoms with Gasteiger partial charge in [0.05, 0.1) is 0 Å². The van der Waals surface area contributed by atoms with Crippen LogP contribution in [0.5, 0.6) is 0 Å². The summed E-state index contributed by atoms with van der Waals surface area (Å²) in [7, 11) is 0. The van der Waals surface area contributed by atoms with Crippen LogP contribution in [-0.2, 0) is 0 Å². The van der Waals surface area contributed by atoms with Gasteiger partial charge in [-0.3, -0.25) is 0 Å². The van der Waals surface area contributed by atoms with E-state index in [1.807, 2.05) is 0 Å². The van der Waals surface area contributed by atoms with E-state index >= 15 is 0 Å². The lowest BCUT2D eigenvalue weighted by Crippen LogP contribution is -1.90. The molecule has 3 aromatic heterocycles. The monoisotopic (exact) mass is 1870 g/mol. The highest BCUT2D eigenvalue weighted by Crippen LogP contribution is 2.53. The minimum Gasteiger partial charge on any atom is -0.456 e. The molecule has 0 saturated heterocycles. The fourth-order valence-corrected chi connectivity index (χ4v) is 23.0. The van der Waals surface area contributed by atoms with Crippen molar-refractivity contribution in [3.05, 3.63) is 558 Å². The average Bonchev–Trinajstić information content (AvgIpc) is 1.65. The summed E-state index contributed by atoms with van der Waals surface area (Å²) in [6, 6.07) is 201. The molecule has 3 heteroatoms. The van der Waals surface area contributed by atoms with Crippen LogP contribution in [0.15, 0.2) is 571 Å². The fraction of sp³-hybridized carbons (Fsp3) is 0. The van der Waals surface area contributed by atoms with Gasteiger partial charge in [-0.25, -0.2) is 0 Å². The van der Waals surface area contributed by atoms with E-state index in [1.165, 1.54) is 209 Å². The summed E-state index contributed by atoms with van der Waals surface area (Å²) < 4.78 is 19.6. The summed E-state index contributed by atoms with van der Waals surface area (Å²) in [5.41, 5.74) is 39.3. The van der Waals surface area contributed by atoms with Crippen LogP contribution in [0.4, 0.5) is 0 Å². The zero-order chi connectivity index (χ0) is 97.2. The van der Waals surface area contributed by atoms with Crippen LogP contribution in [0.25, 0.3) is 286 Å². The number of rotatable bonds is 14. The normalized spacial score (nSPS) is 11.5. The highest BCUT2D eigenvalue weighted by atomic mass is 16.3. The van der Waals surface area contributed by atoms with Gasteiger partial charge < -0.3 is 13.3 Å². The predicted molar refractivity (Wildman–Crippen MR) is 622 cm³/mol. The lowest BCUT2D eigenvalue weighted by Gasteiger charge is -2.17. The second-order valence-electron chi connectivity index (χ2n) is 38.1. The maximum absolute atomic E-state index is 6.57. The summed E-state index contributed by atoms with van der Waals surface area (Å²) in [5.74, 6) is 0. The average molecular weight is 1870 g/mol. The number of hydrogen-bond acceptors (Lipinski definition) is 3. The quantitative estimate of drug-likeness (QED) is 0.102. The lowest BCUT2D eigenvalue weighted by molar-refractivity contribution is 0.668. The zero-order valence-corrected chi connectivity index (χ0v) is 80.3.